The maximum Gasteiger partial charge on any atom is 0.261 e. The van der Waals surface area contributed by atoms with Gasteiger partial charge in [0.05, 0.1) is 17.4 Å². The van der Waals surface area contributed by atoms with Crippen molar-refractivity contribution >= 4 is 39.0 Å². The van der Waals surface area contributed by atoms with Gasteiger partial charge in [-0.15, -0.1) is 11.3 Å². The third-order valence-corrected chi connectivity index (χ3v) is 7.44. The molecule has 0 saturated carbocycles. The summed E-state index contributed by atoms with van der Waals surface area (Å²) in [6.07, 6.45) is 1.60. The van der Waals surface area contributed by atoms with E-state index < -0.39 is 0 Å². The second-order valence-corrected chi connectivity index (χ2v) is 9.24. The fraction of sp³-hybridized carbons (Fsp3) is 0.269. The van der Waals surface area contributed by atoms with Crippen molar-refractivity contribution in [2.75, 3.05) is 43.1 Å². The van der Waals surface area contributed by atoms with Gasteiger partial charge in [-0.25, -0.2) is 9.97 Å². The van der Waals surface area contributed by atoms with E-state index in [2.05, 4.69) is 49.4 Å². The van der Waals surface area contributed by atoms with Crippen LogP contribution in [0.5, 0.6) is 5.75 Å². The van der Waals surface area contributed by atoms with Gasteiger partial charge in [0.25, 0.3) is 5.91 Å². The fourth-order valence-electron chi connectivity index (χ4n) is 4.43. The predicted molar refractivity (Wildman–Crippen MR) is 137 cm³/mol. The molecule has 0 aliphatic carbocycles. The molecule has 1 amide bonds. The summed E-state index contributed by atoms with van der Waals surface area (Å²) in [4.78, 5) is 28.4. The molecule has 0 bridgehead atoms. The van der Waals surface area contributed by atoms with E-state index in [1.165, 1.54) is 17.0 Å². The van der Waals surface area contributed by atoms with Crippen molar-refractivity contribution in [3.05, 3.63) is 76.9 Å². The molecule has 174 valence electrons. The molecule has 3 heterocycles. The first-order valence-electron chi connectivity index (χ1n) is 11.3. The molecule has 4 aromatic rings. The lowest BCUT2D eigenvalue weighted by Gasteiger charge is -2.37. The topological polar surface area (TPSA) is 70.6 Å². The number of thiophene rings is 1. The van der Waals surface area contributed by atoms with Crippen LogP contribution in [-0.2, 0) is 6.54 Å². The number of para-hydroxylation sites is 2. The predicted octanol–water partition coefficient (Wildman–Crippen LogP) is 4.26. The number of piperazine rings is 1. The minimum Gasteiger partial charge on any atom is -0.496 e. The zero-order valence-corrected chi connectivity index (χ0v) is 20.1. The van der Waals surface area contributed by atoms with Crippen molar-refractivity contribution in [2.24, 2.45) is 0 Å². The Hall–Kier alpha value is -3.65. The van der Waals surface area contributed by atoms with Crippen LogP contribution in [0.2, 0.25) is 0 Å². The molecule has 7 nitrogen and oxygen atoms in total. The molecule has 34 heavy (non-hydrogen) atoms. The van der Waals surface area contributed by atoms with E-state index in [-0.39, 0.29) is 5.91 Å². The monoisotopic (exact) mass is 473 g/mol. The van der Waals surface area contributed by atoms with Gasteiger partial charge < -0.3 is 19.9 Å². The summed E-state index contributed by atoms with van der Waals surface area (Å²) in [6.45, 7) is 5.97. The highest BCUT2D eigenvalue weighted by atomic mass is 32.1. The zero-order chi connectivity index (χ0) is 23.5. The largest absolute Gasteiger partial charge is 0.496 e. The third kappa shape index (κ3) is 4.28. The number of nitrogens with zero attached hydrogens (tertiary/aromatic N) is 4. The fourth-order valence-corrected chi connectivity index (χ4v) is 5.49. The van der Waals surface area contributed by atoms with Gasteiger partial charge in [-0.2, -0.15) is 0 Å². The Kier molecular flexibility index (Phi) is 6.31. The lowest BCUT2D eigenvalue weighted by atomic mass is 10.1. The van der Waals surface area contributed by atoms with Gasteiger partial charge in [-0.05, 0) is 30.7 Å². The molecule has 2 aromatic heterocycles. The van der Waals surface area contributed by atoms with Crippen LogP contribution >= 0.6 is 11.3 Å². The number of carbonyl (C=O) groups excluding carboxylic acids is 1. The number of anilines is 2. The number of benzene rings is 2. The lowest BCUT2D eigenvalue weighted by molar-refractivity contribution is 0.0954. The van der Waals surface area contributed by atoms with Crippen molar-refractivity contribution in [3.63, 3.8) is 0 Å². The van der Waals surface area contributed by atoms with Crippen LogP contribution in [0.3, 0.4) is 0 Å². The van der Waals surface area contributed by atoms with Gasteiger partial charge in [0, 0.05) is 44.0 Å². The van der Waals surface area contributed by atoms with Crippen molar-refractivity contribution in [3.8, 4) is 5.75 Å². The molecule has 1 saturated heterocycles. The first kappa shape index (κ1) is 22.2. The Bertz CT molecular complexity index is 1300. The Balaban J connectivity index is 1.34. The van der Waals surface area contributed by atoms with Crippen molar-refractivity contribution in [1.82, 2.24) is 15.3 Å². The van der Waals surface area contributed by atoms with Gasteiger partial charge in [-0.3, -0.25) is 4.79 Å². The second kappa shape index (κ2) is 9.69. The van der Waals surface area contributed by atoms with Crippen LogP contribution in [-0.4, -0.2) is 49.2 Å². The summed E-state index contributed by atoms with van der Waals surface area (Å²) in [5.74, 6) is 1.57. The number of ether oxygens (including phenoxy) is 1. The van der Waals surface area contributed by atoms with Crippen LogP contribution in [0.4, 0.5) is 11.5 Å². The highest BCUT2D eigenvalue weighted by Gasteiger charge is 2.24. The molecule has 1 aliphatic heterocycles. The average Bonchev–Trinajstić information content (AvgIpc) is 3.24. The number of hydrogen-bond acceptors (Lipinski definition) is 7. The molecule has 2 aromatic carbocycles. The summed E-state index contributed by atoms with van der Waals surface area (Å²) in [5.41, 5.74) is 3.11. The standard InChI is InChI=1S/C26H27N5O2S/c1-18-22-24(31-14-12-30(13-15-31)20-9-4-3-5-10-20)28-17-29-26(22)34-23(18)25(32)27-16-19-8-6-7-11-21(19)33-2/h3-11,17H,12-16H2,1-2H3,(H,27,32). The molecule has 0 unspecified atom stereocenters. The number of aryl methyl sites for hydroxylation is 1. The Morgan fingerprint density at radius 2 is 1.71 bits per heavy atom. The maximum atomic E-state index is 13.1. The number of amides is 1. The smallest absolute Gasteiger partial charge is 0.261 e. The average molecular weight is 474 g/mol. The number of rotatable bonds is 6. The minimum atomic E-state index is -0.105. The van der Waals surface area contributed by atoms with Crippen molar-refractivity contribution in [2.45, 2.75) is 13.5 Å². The van der Waals surface area contributed by atoms with E-state index in [1.54, 1.807) is 13.4 Å². The maximum absolute atomic E-state index is 13.1. The molecule has 1 fully saturated rings. The molecule has 1 aliphatic rings. The quantitative estimate of drug-likeness (QED) is 0.451. The normalized spacial score (nSPS) is 13.8. The number of fused-ring (bicyclic) bond motifs is 1. The van der Waals surface area contributed by atoms with Crippen LogP contribution in [0.25, 0.3) is 10.2 Å². The SMILES string of the molecule is COc1ccccc1CNC(=O)c1sc2ncnc(N3CCN(c4ccccc4)CC3)c2c1C. The summed E-state index contributed by atoms with van der Waals surface area (Å²) >= 11 is 1.42. The molecule has 1 N–H and O–H groups in total. The summed E-state index contributed by atoms with van der Waals surface area (Å²) in [7, 11) is 1.64. The summed E-state index contributed by atoms with van der Waals surface area (Å²) in [5, 5.41) is 4.01. The van der Waals surface area contributed by atoms with E-state index in [0.29, 0.717) is 11.4 Å². The van der Waals surface area contributed by atoms with E-state index in [9.17, 15) is 4.79 Å². The van der Waals surface area contributed by atoms with Crippen LogP contribution < -0.4 is 19.9 Å². The molecule has 0 spiro atoms. The van der Waals surface area contributed by atoms with E-state index in [1.807, 2.05) is 37.3 Å². The van der Waals surface area contributed by atoms with Gasteiger partial charge in [0.2, 0.25) is 0 Å². The van der Waals surface area contributed by atoms with E-state index in [0.717, 1.165) is 59.1 Å². The third-order valence-electron chi connectivity index (χ3n) is 6.25. The van der Waals surface area contributed by atoms with Gasteiger partial charge in [0.15, 0.2) is 0 Å². The number of hydrogen-bond donors (Lipinski definition) is 1. The van der Waals surface area contributed by atoms with E-state index in [4.69, 9.17) is 4.74 Å². The van der Waals surface area contributed by atoms with Crippen LogP contribution in [0.1, 0.15) is 20.8 Å². The molecule has 5 rings (SSSR count). The first-order chi connectivity index (χ1) is 16.7. The summed E-state index contributed by atoms with van der Waals surface area (Å²) < 4.78 is 5.40. The number of nitrogens with one attached hydrogen (secondary N) is 1. The highest BCUT2D eigenvalue weighted by molar-refractivity contribution is 7.20. The van der Waals surface area contributed by atoms with Gasteiger partial charge in [-0.1, -0.05) is 36.4 Å². The zero-order valence-electron chi connectivity index (χ0n) is 19.3. The number of carbonyl (C=O) groups is 1. The molecule has 0 radical (unpaired) electrons. The Labute approximate surface area is 203 Å². The van der Waals surface area contributed by atoms with Crippen LogP contribution in [0.15, 0.2) is 60.9 Å². The van der Waals surface area contributed by atoms with E-state index >= 15 is 0 Å². The van der Waals surface area contributed by atoms with Crippen molar-refractivity contribution < 1.29 is 9.53 Å². The molecule has 8 heteroatoms. The Morgan fingerprint density at radius 3 is 2.47 bits per heavy atom. The van der Waals surface area contributed by atoms with Crippen LogP contribution in [0, 0.1) is 6.92 Å². The molecule has 0 atom stereocenters. The van der Waals surface area contributed by atoms with Crippen molar-refractivity contribution in [1.29, 1.82) is 0 Å². The lowest BCUT2D eigenvalue weighted by Crippen LogP contribution is -2.46. The summed E-state index contributed by atoms with van der Waals surface area (Å²) in [6, 6.07) is 18.2. The van der Waals surface area contributed by atoms with Gasteiger partial charge in [0.1, 0.15) is 22.7 Å². The molecular formula is C26H27N5O2S. The Morgan fingerprint density at radius 1 is 1.00 bits per heavy atom. The number of aromatic nitrogens is 2. The molecular weight excluding hydrogens is 446 g/mol. The minimum absolute atomic E-state index is 0.105. The number of methoxy groups -OCH3 is 1. The highest BCUT2D eigenvalue weighted by Crippen LogP contribution is 2.35. The van der Waals surface area contributed by atoms with Gasteiger partial charge >= 0.3 is 0 Å². The second-order valence-electron chi connectivity index (χ2n) is 8.24. The first-order valence-corrected chi connectivity index (χ1v) is 12.2.